The highest BCUT2D eigenvalue weighted by Gasteiger charge is 2.40. The molecule has 0 radical (unpaired) electrons. The Morgan fingerprint density at radius 2 is 1.61 bits per heavy atom. The van der Waals surface area contributed by atoms with Gasteiger partial charge in [0.15, 0.2) is 0 Å². The van der Waals surface area contributed by atoms with E-state index in [4.69, 9.17) is 9.47 Å². The Morgan fingerprint density at radius 1 is 0.929 bits per heavy atom. The van der Waals surface area contributed by atoms with Crippen LogP contribution in [0.2, 0.25) is 0 Å². The van der Waals surface area contributed by atoms with Crippen LogP contribution in [0.15, 0.2) is 48.2 Å². The highest BCUT2D eigenvalue weighted by molar-refractivity contribution is 6.36. The number of imide groups is 1. The summed E-state index contributed by atoms with van der Waals surface area (Å²) in [6, 6.07) is 12.5. The summed E-state index contributed by atoms with van der Waals surface area (Å²) in [5.74, 6) is 0.478. The fraction of sp³-hybridized carbons (Fsp3) is 0.273. The maximum Gasteiger partial charge on any atom is 0.278 e. The molecule has 0 atom stereocenters. The number of aryl methyl sites for hydroxylation is 1. The van der Waals surface area contributed by atoms with Gasteiger partial charge in [-0.2, -0.15) is 0 Å². The van der Waals surface area contributed by atoms with Crippen molar-refractivity contribution in [3.63, 3.8) is 0 Å². The van der Waals surface area contributed by atoms with Crippen molar-refractivity contribution < 1.29 is 19.1 Å². The first-order chi connectivity index (χ1) is 13.4. The summed E-state index contributed by atoms with van der Waals surface area (Å²) in [5.41, 5.74) is 2.90. The number of rotatable bonds is 6. The topological polar surface area (TPSA) is 67.9 Å². The zero-order valence-corrected chi connectivity index (χ0v) is 16.7. The summed E-state index contributed by atoms with van der Waals surface area (Å²) < 4.78 is 10.7. The van der Waals surface area contributed by atoms with Crippen molar-refractivity contribution in [1.29, 1.82) is 0 Å². The predicted molar refractivity (Wildman–Crippen MR) is 108 cm³/mol. The molecule has 1 heterocycles. The van der Waals surface area contributed by atoms with Gasteiger partial charge >= 0.3 is 0 Å². The zero-order chi connectivity index (χ0) is 20.4. The fourth-order valence-electron chi connectivity index (χ4n) is 3.17. The number of ether oxygens (including phenoxy) is 2. The van der Waals surface area contributed by atoms with Crippen molar-refractivity contribution in [2.75, 3.05) is 19.5 Å². The highest BCUT2D eigenvalue weighted by atomic mass is 16.5. The van der Waals surface area contributed by atoms with Crippen LogP contribution in [-0.2, 0) is 9.59 Å². The molecule has 0 bridgehead atoms. The van der Waals surface area contributed by atoms with Crippen molar-refractivity contribution in [2.24, 2.45) is 0 Å². The molecule has 146 valence electrons. The quantitative estimate of drug-likeness (QED) is 0.776. The Labute approximate surface area is 164 Å². The average Bonchev–Trinajstić information content (AvgIpc) is 2.92. The summed E-state index contributed by atoms with van der Waals surface area (Å²) in [6.45, 7) is 5.61. The molecule has 0 aromatic heterocycles. The van der Waals surface area contributed by atoms with Gasteiger partial charge in [-0.25, -0.2) is 0 Å². The van der Waals surface area contributed by atoms with Crippen LogP contribution in [0.3, 0.4) is 0 Å². The van der Waals surface area contributed by atoms with E-state index in [0.717, 1.165) is 5.56 Å². The molecule has 0 aliphatic carbocycles. The second-order valence-corrected chi connectivity index (χ2v) is 6.88. The lowest BCUT2D eigenvalue weighted by Gasteiger charge is -2.19. The maximum atomic E-state index is 13.1. The SMILES string of the molecule is COc1ccc(OC)c(NC2=C(c3ccc(C)cc3)C(=O)N(C(C)C)C2=O)c1. The number of hydrogen-bond donors (Lipinski definition) is 1. The van der Waals surface area contributed by atoms with E-state index >= 15 is 0 Å². The van der Waals surface area contributed by atoms with Crippen molar-refractivity contribution in [3.05, 3.63) is 59.3 Å². The molecule has 2 aromatic rings. The molecule has 0 fully saturated rings. The van der Waals surface area contributed by atoms with E-state index in [9.17, 15) is 9.59 Å². The van der Waals surface area contributed by atoms with Crippen LogP contribution in [0, 0.1) is 6.92 Å². The van der Waals surface area contributed by atoms with Crippen LogP contribution < -0.4 is 14.8 Å². The molecule has 0 spiro atoms. The molecule has 0 saturated heterocycles. The third-order valence-electron chi connectivity index (χ3n) is 4.64. The molecule has 1 aliphatic heterocycles. The molecule has 0 unspecified atom stereocenters. The lowest BCUT2D eigenvalue weighted by molar-refractivity contribution is -0.138. The van der Waals surface area contributed by atoms with E-state index in [-0.39, 0.29) is 23.6 Å². The Balaban J connectivity index is 2.14. The van der Waals surface area contributed by atoms with Crippen LogP contribution in [0.1, 0.15) is 25.0 Å². The fourth-order valence-corrected chi connectivity index (χ4v) is 3.17. The van der Waals surface area contributed by atoms with E-state index in [1.165, 1.54) is 4.90 Å². The summed E-state index contributed by atoms with van der Waals surface area (Å²) in [6.07, 6.45) is 0. The number of carbonyl (C=O) groups excluding carboxylic acids is 2. The molecule has 2 amide bonds. The van der Waals surface area contributed by atoms with Gasteiger partial charge < -0.3 is 14.8 Å². The molecule has 28 heavy (non-hydrogen) atoms. The number of amides is 2. The molecule has 2 aromatic carbocycles. The van der Waals surface area contributed by atoms with Gasteiger partial charge in [-0.3, -0.25) is 14.5 Å². The maximum absolute atomic E-state index is 13.1. The first kappa shape index (κ1) is 19.5. The van der Waals surface area contributed by atoms with Crippen LogP contribution in [0.4, 0.5) is 5.69 Å². The summed E-state index contributed by atoms with van der Waals surface area (Å²) in [7, 11) is 3.11. The molecule has 6 heteroatoms. The lowest BCUT2D eigenvalue weighted by atomic mass is 10.0. The Hall–Kier alpha value is -3.28. The van der Waals surface area contributed by atoms with E-state index in [2.05, 4.69) is 5.32 Å². The Bertz CT molecular complexity index is 946. The summed E-state index contributed by atoms with van der Waals surface area (Å²) >= 11 is 0. The number of methoxy groups -OCH3 is 2. The van der Waals surface area contributed by atoms with E-state index < -0.39 is 0 Å². The predicted octanol–water partition coefficient (Wildman–Crippen LogP) is 3.61. The molecular formula is C22H24N2O4. The molecule has 1 aliphatic rings. The molecular weight excluding hydrogens is 356 g/mol. The van der Waals surface area contributed by atoms with Crippen LogP contribution in [0.25, 0.3) is 5.57 Å². The van der Waals surface area contributed by atoms with Crippen molar-refractivity contribution in [1.82, 2.24) is 4.90 Å². The van der Waals surface area contributed by atoms with Gasteiger partial charge in [-0.15, -0.1) is 0 Å². The van der Waals surface area contributed by atoms with Crippen LogP contribution in [-0.4, -0.2) is 37.0 Å². The molecule has 1 N–H and O–H groups in total. The number of hydrogen-bond acceptors (Lipinski definition) is 5. The summed E-state index contributed by atoms with van der Waals surface area (Å²) in [4.78, 5) is 27.4. The van der Waals surface area contributed by atoms with Crippen molar-refractivity contribution in [3.8, 4) is 11.5 Å². The molecule has 0 saturated carbocycles. The number of benzene rings is 2. The van der Waals surface area contributed by atoms with Gasteiger partial charge in [0.05, 0.1) is 25.5 Å². The van der Waals surface area contributed by atoms with Gasteiger partial charge in [0.25, 0.3) is 11.8 Å². The Morgan fingerprint density at radius 3 is 2.18 bits per heavy atom. The highest BCUT2D eigenvalue weighted by Crippen LogP contribution is 2.35. The van der Waals surface area contributed by atoms with Crippen LogP contribution >= 0.6 is 0 Å². The van der Waals surface area contributed by atoms with Crippen molar-refractivity contribution in [2.45, 2.75) is 26.8 Å². The lowest BCUT2D eigenvalue weighted by Crippen LogP contribution is -2.38. The van der Waals surface area contributed by atoms with Crippen LogP contribution in [0.5, 0.6) is 11.5 Å². The van der Waals surface area contributed by atoms with Gasteiger partial charge in [-0.1, -0.05) is 29.8 Å². The minimum atomic E-state index is -0.361. The smallest absolute Gasteiger partial charge is 0.278 e. The largest absolute Gasteiger partial charge is 0.497 e. The van der Waals surface area contributed by atoms with Gasteiger partial charge in [-0.05, 0) is 38.5 Å². The second kappa shape index (κ2) is 7.76. The van der Waals surface area contributed by atoms with E-state index in [1.54, 1.807) is 32.4 Å². The van der Waals surface area contributed by atoms with Gasteiger partial charge in [0.1, 0.15) is 17.2 Å². The Kier molecular flexibility index (Phi) is 5.40. The van der Waals surface area contributed by atoms with Gasteiger partial charge in [0, 0.05) is 12.1 Å². The first-order valence-electron chi connectivity index (χ1n) is 9.05. The standard InChI is InChI=1S/C22H24N2O4/c1-13(2)24-21(25)19(15-8-6-14(3)7-9-15)20(22(24)26)23-17-12-16(27-4)10-11-18(17)28-5/h6-13,23H,1-5H3. The minimum absolute atomic E-state index is 0.231. The second-order valence-electron chi connectivity index (χ2n) is 6.88. The number of carbonyl (C=O) groups is 2. The van der Waals surface area contributed by atoms with Crippen molar-refractivity contribution >= 4 is 23.1 Å². The first-order valence-corrected chi connectivity index (χ1v) is 9.05. The van der Waals surface area contributed by atoms with Gasteiger partial charge in [0.2, 0.25) is 0 Å². The number of nitrogens with one attached hydrogen (secondary N) is 1. The molecule has 3 rings (SSSR count). The monoisotopic (exact) mass is 380 g/mol. The number of nitrogens with zero attached hydrogens (tertiary/aromatic N) is 1. The van der Waals surface area contributed by atoms with E-state index in [1.807, 2.05) is 45.0 Å². The normalized spacial score (nSPS) is 14.1. The summed E-state index contributed by atoms with van der Waals surface area (Å²) in [5, 5.41) is 3.13. The third kappa shape index (κ3) is 3.45. The zero-order valence-electron chi connectivity index (χ0n) is 16.7. The number of anilines is 1. The molecule has 6 nitrogen and oxygen atoms in total. The minimum Gasteiger partial charge on any atom is -0.497 e. The average molecular weight is 380 g/mol. The third-order valence-corrected chi connectivity index (χ3v) is 4.64. The van der Waals surface area contributed by atoms with E-state index in [0.29, 0.717) is 28.3 Å².